The lowest BCUT2D eigenvalue weighted by Gasteiger charge is -2.02. The molecule has 0 saturated carbocycles. The van der Waals surface area contributed by atoms with Crippen molar-refractivity contribution >= 4 is 11.0 Å². The Morgan fingerprint density at radius 1 is 0.812 bits per heavy atom. The predicted octanol–water partition coefficient (Wildman–Crippen LogP) is 3.17. The Kier molecular flexibility index (Phi) is 1.93. The smallest absolute Gasteiger partial charge is 0.0646 e. The van der Waals surface area contributed by atoms with Crippen LogP contribution in [0.25, 0.3) is 22.1 Å². The zero-order valence-corrected chi connectivity index (χ0v) is 8.51. The van der Waals surface area contributed by atoms with Gasteiger partial charge in [-0.05, 0) is 17.0 Å². The maximum Gasteiger partial charge on any atom is 0.0646 e. The molecule has 3 aromatic rings. The number of furan rings is 1. The maximum absolute atomic E-state index is 11.8. The van der Waals surface area contributed by atoms with E-state index < -0.39 is 0 Å². The lowest BCUT2D eigenvalue weighted by molar-refractivity contribution is -0.291. The van der Waals surface area contributed by atoms with Crippen LogP contribution in [0.4, 0.5) is 0 Å². The van der Waals surface area contributed by atoms with Crippen molar-refractivity contribution in [3.05, 3.63) is 54.6 Å². The first-order valence-corrected chi connectivity index (χ1v) is 5.10. The summed E-state index contributed by atoms with van der Waals surface area (Å²) < 4.78 is 5.20. The molecule has 0 atom stereocenters. The fraction of sp³-hybridized carbons (Fsp3) is 0. The Bertz CT molecular complexity index is 624. The molecule has 0 fully saturated rings. The summed E-state index contributed by atoms with van der Waals surface area (Å²) in [5, 5.41) is 12.6. The summed E-state index contributed by atoms with van der Waals surface area (Å²) in [6.07, 6.45) is 0. The van der Waals surface area contributed by atoms with Crippen LogP contribution in [0, 0.1) is 0 Å². The van der Waals surface area contributed by atoms with Crippen LogP contribution in [0.2, 0.25) is 0 Å². The minimum atomic E-state index is -0.271. The van der Waals surface area contributed by atoms with Crippen molar-refractivity contribution in [2.75, 3.05) is 0 Å². The van der Waals surface area contributed by atoms with Crippen molar-refractivity contribution < 1.29 is 9.52 Å². The molecular formula is C14H9O2-. The van der Waals surface area contributed by atoms with Crippen molar-refractivity contribution in [1.29, 1.82) is 0 Å². The van der Waals surface area contributed by atoms with Crippen LogP contribution < -0.4 is 5.11 Å². The molecule has 0 aliphatic heterocycles. The van der Waals surface area contributed by atoms with Gasteiger partial charge >= 0.3 is 0 Å². The first kappa shape index (κ1) is 9.04. The lowest BCUT2D eigenvalue weighted by Crippen LogP contribution is -1.88. The fourth-order valence-electron chi connectivity index (χ4n) is 1.90. The van der Waals surface area contributed by atoms with Crippen LogP contribution in [0.1, 0.15) is 0 Å². The third-order valence-electron chi connectivity index (χ3n) is 2.63. The van der Waals surface area contributed by atoms with E-state index in [-0.39, 0.29) is 5.95 Å². The van der Waals surface area contributed by atoms with Crippen molar-refractivity contribution in [1.82, 2.24) is 0 Å². The van der Waals surface area contributed by atoms with E-state index in [1.807, 2.05) is 54.6 Å². The molecule has 0 aliphatic rings. The average Bonchev–Trinajstić information content (AvgIpc) is 2.66. The summed E-state index contributed by atoms with van der Waals surface area (Å²) in [7, 11) is 0. The molecule has 0 aliphatic carbocycles. The molecule has 78 valence electrons. The van der Waals surface area contributed by atoms with Crippen molar-refractivity contribution in [3.8, 4) is 17.1 Å². The van der Waals surface area contributed by atoms with Gasteiger partial charge in [0.25, 0.3) is 0 Å². The van der Waals surface area contributed by atoms with Crippen molar-refractivity contribution in [3.63, 3.8) is 0 Å². The Hall–Kier alpha value is -2.22. The first-order chi connectivity index (χ1) is 7.86. The summed E-state index contributed by atoms with van der Waals surface area (Å²) in [6.45, 7) is 0. The van der Waals surface area contributed by atoms with Gasteiger partial charge in [-0.1, -0.05) is 48.5 Å². The van der Waals surface area contributed by atoms with Gasteiger partial charge in [-0.25, -0.2) is 0 Å². The van der Waals surface area contributed by atoms with Gasteiger partial charge in [0.15, 0.2) is 0 Å². The van der Waals surface area contributed by atoms with E-state index in [1.165, 1.54) is 0 Å². The summed E-state index contributed by atoms with van der Waals surface area (Å²) in [6, 6.07) is 17.1. The van der Waals surface area contributed by atoms with Gasteiger partial charge < -0.3 is 9.52 Å². The Balaban J connectivity index is 2.35. The Labute approximate surface area is 92.8 Å². The molecule has 2 heteroatoms. The van der Waals surface area contributed by atoms with Gasteiger partial charge in [-0.2, -0.15) is 0 Å². The summed E-state index contributed by atoms with van der Waals surface area (Å²) in [5.41, 5.74) is 2.19. The SMILES string of the molecule is [O-]c1oc2ccccc2c1-c1ccccc1. The summed E-state index contributed by atoms with van der Waals surface area (Å²) in [5.74, 6) is -0.271. The molecule has 2 nitrogen and oxygen atoms in total. The second-order valence-electron chi connectivity index (χ2n) is 3.63. The highest BCUT2D eigenvalue weighted by Gasteiger charge is 2.06. The van der Waals surface area contributed by atoms with Crippen LogP contribution in [0.15, 0.2) is 59.0 Å². The van der Waals surface area contributed by atoms with E-state index in [1.54, 1.807) is 0 Å². The molecule has 0 saturated heterocycles. The van der Waals surface area contributed by atoms with Crippen LogP contribution in [0.3, 0.4) is 0 Å². The van der Waals surface area contributed by atoms with Crippen molar-refractivity contribution in [2.24, 2.45) is 0 Å². The number of fused-ring (bicyclic) bond motifs is 1. The number of hydrogen-bond acceptors (Lipinski definition) is 2. The maximum atomic E-state index is 11.8. The minimum absolute atomic E-state index is 0.271. The average molecular weight is 209 g/mol. The highest BCUT2D eigenvalue weighted by molar-refractivity contribution is 5.96. The van der Waals surface area contributed by atoms with E-state index in [2.05, 4.69) is 0 Å². The first-order valence-electron chi connectivity index (χ1n) is 5.10. The molecular weight excluding hydrogens is 200 g/mol. The highest BCUT2D eigenvalue weighted by Crippen LogP contribution is 2.37. The van der Waals surface area contributed by atoms with Crippen LogP contribution in [-0.2, 0) is 0 Å². The second kappa shape index (κ2) is 3.42. The molecule has 1 heterocycles. The molecule has 3 rings (SSSR count). The summed E-state index contributed by atoms with van der Waals surface area (Å²) >= 11 is 0. The molecule has 0 spiro atoms. The normalized spacial score (nSPS) is 10.8. The number of hydrogen-bond donors (Lipinski definition) is 0. The summed E-state index contributed by atoms with van der Waals surface area (Å²) in [4.78, 5) is 0. The fourth-order valence-corrected chi connectivity index (χ4v) is 1.90. The third kappa shape index (κ3) is 1.27. The van der Waals surface area contributed by atoms with Crippen LogP contribution in [-0.4, -0.2) is 0 Å². The molecule has 0 N–H and O–H groups in total. The molecule has 1 aromatic heterocycles. The van der Waals surface area contributed by atoms with Gasteiger partial charge in [0.2, 0.25) is 0 Å². The monoisotopic (exact) mass is 209 g/mol. The highest BCUT2D eigenvalue weighted by atomic mass is 16.5. The van der Waals surface area contributed by atoms with Gasteiger partial charge in [-0.3, -0.25) is 0 Å². The van der Waals surface area contributed by atoms with Gasteiger partial charge in [0.05, 0.1) is 5.95 Å². The lowest BCUT2D eigenvalue weighted by atomic mass is 10.0. The van der Waals surface area contributed by atoms with E-state index in [4.69, 9.17) is 4.42 Å². The Morgan fingerprint density at radius 3 is 2.31 bits per heavy atom. The molecule has 0 amide bonds. The molecule has 2 aromatic carbocycles. The topological polar surface area (TPSA) is 36.2 Å². The molecule has 0 bridgehead atoms. The quantitative estimate of drug-likeness (QED) is 0.617. The second-order valence-corrected chi connectivity index (χ2v) is 3.63. The van der Waals surface area contributed by atoms with Gasteiger partial charge in [0.1, 0.15) is 0 Å². The van der Waals surface area contributed by atoms with E-state index in [0.29, 0.717) is 11.1 Å². The van der Waals surface area contributed by atoms with Gasteiger partial charge in [0, 0.05) is 11.1 Å². The van der Waals surface area contributed by atoms with E-state index in [0.717, 1.165) is 10.9 Å². The molecule has 0 unspecified atom stereocenters. The predicted molar refractivity (Wildman–Crippen MR) is 61.1 cm³/mol. The number of benzene rings is 2. The minimum Gasteiger partial charge on any atom is -0.578 e. The Morgan fingerprint density at radius 2 is 1.50 bits per heavy atom. The third-order valence-corrected chi connectivity index (χ3v) is 2.63. The number of para-hydroxylation sites is 1. The van der Waals surface area contributed by atoms with Crippen LogP contribution in [0.5, 0.6) is 5.95 Å². The standard InChI is InChI=1S/C14H10O2/c15-14-13(10-6-2-1-3-7-10)11-8-4-5-9-12(11)16-14/h1-9,15H/p-1. The zero-order chi connectivity index (χ0) is 11.0. The zero-order valence-electron chi connectivity index (χ0n) is 8.51. The van der Waals surface area contributed by atoms with E-state index in [9.17, 15) is 5.11 Å². The number of rotatable bonds is 1. The molecule has 0 radical (unpaired) electrons. The largest absolute Gasteiger partial charge is 0.578 e. The molecule has 16 heavy (non-hydrogen) atoms. The van der Waals surface area contributed by atoms with E-state index >= 15 is 0 Å². The van der Waals surface area contributed by atoms with Crippen molar-refractivity contribution in [2.45, 2.75) is 0 Å². The van der Waals surface area contributed by atoms with Gasteiger partial charge in [-0.15, -0.1) is 0 Å². The van der Waals surface area contributed by atoms with Crippen LogP contribution >= 0.6 is 0 Å².